The summed E-state index contributed by atoms with van der Waals surface area (Å²) in [6.07, 6.45) is 3.44. The number of nitrogens with zero attached hydrogens (tertiary/aromatic N) is 4. The van der Waals surface area contributed by atoms with Crippen LogP contribution >= 0.6 is 15.9 Å². The van der Waals surface area contributed by atoms with Gasteiger partial charge in [-0.05, 0) is 45.8 Å². The SMILES string of the molecule is COC(=O)C1=C(C(=O)OC)N(c2ccc(-n3cc(Br)cn3)cc2)C(N)=C(C#N)C1c1ccccc1. The molecule has 4 rings (SSSR count). The Balaban J connectivity index is 1.95. The van der Waals surface area contributed by atoms with E-state index in [1.165, 1.54) is 19.1 Å². The average molecular weight is 534 g/mol. The van der Waals surface area contributed by atoms with E-state index in [1.807, 2.05) is 0 Å². The number of ether oxygens (including phenoxy) is 2. The Labute approximate surface area is 209 Å². The summed E-state index contributed by atoms with van der Waals surface area (Å²) in [5.74, 6) is -2.49. The van der Waals surface area contributed by atoms with Gasteiger partial charge in [0.2, 0.25) is 0 Å². The smallest absolute Gasteiger partial charge is 0.355 e. The molecule has 10 heteroatoms. The Bertz CT molecular complexity index is 1390. The monoisotopic (exact) mass is 533 g/mol. The van der Waals surface area contributed by atoms with Crippen molar-refractivity contribution in [3.8, 4) is 11.8 Å². The molecule has 35 heavy (non-hydrogen) atoms. The minimum atomic E-state index is -0.917. The zero-order valence-corrected chi connectivity index (χ0v) is 20.4. The van der Waals surface area contributed by atoms with Gasteiger partial charge in [0.1, 0.15) is 11.5 Å². The summed E-state index contributed by atoms with van der Waals surface area (Å²) in [7, 11) is 2.42. The maximum atomic E-state index is 13.1. The molecule has 0 saturated carbocycles. The van der Waals surface area contributed by atoms with Crippen LogP contribution in [0.15, 0.2) is 94.1 Å². The van der Waals surface area contributed by atoms with Crippen LogP contribution in [0.4, 0.5) is 5.69 Å². The van der Waals surface area contributed by atoms with E-state index < -0.39 is 17.9 Å². The summed E-state index contributed by atoms with van der Waals surface area (Å²) in [5.41, 5.74) is 8.22. The number of benzene rings is 2. The molecule has 0 aliphatic carbocycles. The second-order valence-electron chi connectivity index (χ2n) is 7.45. The number of methoxy groups -OCH3 is 2. The number of rotatable bonds is 5. The number of hydrogen-bond acceptors (Lipinski definition) is 8. The Morgan fingerprint density at radius 2 is 1.66 bits per heavy atom. The van der Waals surface area contributed by atoms with E-state index in [4.69, 9.17) is 15.2 Å². The van der Waals surface area contributed by atoms with Gasteiger partial charge < -0.3 is 15.2 Å². The molecule has 1 aliphatic heterocycles. The zero-order valence-electron chi connectivity index (χ0n) is 18.8. The lowest BCUT2D eigenvalue weighted by Crippen LogP contribution is -2.40. The Morgan fingerprint density at radius 1 is 1.03 bits per heavy atom. The summed E-state index contributed by atoms with van der Waals surface area (Å²) < 4.78 is 12.5. The molecule has 1 aromatic heterocycles. The number of halogens is 1. The molecule has 0 fully saturated rings. The van der Waals surface area contributed by atoms with E-state index in [1.54, 1.807) is 71.7 Å². The molecule has 9 nitrogen and oxygen atoms in total. The number of aromatic nitrogens is 2. The van der Waals surface area contributed by atoms with Crippen molar-refractivity contribution in [2.24, 2.45) is 5.73 Å². The van der Waals surface area contributed by atoms with E-state index in [0.29, 0.717) is 11.3 Å². The molecular weight excluding hydrogens is 514 g/mol. The number of carbonyl (C=O) groups excluding carboxylic acids is 2. The van der Waals surface area contributed by atoms with Gasteiger partial charge in [0, 0.05) is 11.9 Å². The minimum Gasteiger partial charge on any atom is -0.466 e. The number of nitrogens with two attached hydrogens (primary N) is 1. The molecule has 0 bridgehead atoms. The lowest BCUT2D eigenvalue weighted by atomic mass is 9.81. The Kier molecular flexibility index (Phi) is 6.71. The van der Waals surface area contributed by atoms with Gasteiger partial charge in [-0.25, -0.2) is 14.3 Å². The maximum absolute atomic E-state index is 13.1. The highest BCUT2D eigenvalue weighted by atomic mass is 79.9. The van der Waals surface area contributed by atoms with Gasteiger partial charge in [0.15, 0.2) is 0 Å². The van der Waals surface area contributed by atoms with Crippen LogP contribution < -0.4 is 10.6 Å². The Hall–Kier alpha value is -4.36. The number of allylic oxidation sites excluding steroid dienone is 1. The fraction of sp³-hybridized carbons (Fsp3) is 0.120. The number of esters is 2. The molecule has 2 heterocycles. The Morgan fingerprint density at radius 3 is 2.20 bits per heavy atom. The predicted molar refractivity (Wildman–Crippen MR) is 131 cm³/mol. The summed E-state index contributed by atoms with van der Waals surface area (Å²) >= 11 is 3.37. The maximum Gasteiger partial charge on any atom is 0.355 e. The largest absolute Gasteiger partial charge is 0.466 e. The van der Waals surface area contributed by atoms with Gasteiger partial charge in [0.05, 0.1) is 53.7 Å². The highest BCUT2D eigenvalue weighted by molar-refractivity contribution is 9.10. The molecule has 0 spiro atoms. The van der Waals surface area contributed by atoms with Crippen LogP contribution in [-0.4, -0.2) is 35.9 Å². The van der Waals surface area contributed by atoms with Crippen LogP contribution in [0.3, 0.4) is 0 Å². The highest BCUT2D eigenvalue weighted by Crippen LogP contribution is 2.43. The lowest BCUT2D eigenvalue weighted by molar-refractivity contribution is -0.139. The normalized spacial score (nSPS) is 15.6. The standard InChI is InChI=1S/C25H20BrN5O4/c1-34-24(32)21-20(15-6-4-3-5-7-15)19(12-27)23(28)31(22(21)25(33)35-2)18-10-8-17(9-11-18)30-14-16(26)13-29-30/h3-11,13-14,20H,28H2,1-2H3. The van der Waals surface area contributed by atoms with Crippen molar-refractivity contribution in [3.63, 3.8) is 0 Å². The molecule has 0 amide bonds. The van der Waals surface area contributed by atoms with Crippen LogP contribution in [0.5, 0.6) is 0 Å². The highest BCUT2D eigenvalue weighted by Gasteiger charge is 2.42. The number of hydrogen-bond donors (Lipinski definition) is 1. The van der Waals surface area contributed by atoms with Crippen LogP contribution in [0.2, 0.25) is 0 Å². The van der Waals surface area contributed by atoms with Gasteiger partial charge in [-0.1, -0.05) is 30.3 Å². The van der Waals surface area contributed by atoms with E-state index in [-0.39, 0.29) is 22.7 Å². The summed E-state index contributed by atoms with van der Waals surface area (Å²) in [5, 5.41) is 14.3. The third-order valence-corrected chi connectivity index (χ3v) is 5.94. The molecule has 3 aromatic rings. The van der Waals surface area contributed by atoms with Gasteiger partial charge in [-0.2, -0.15) is 10.4 Å². The lowest BCUT2D eigenvalue weighted by Gasteiger charge is -2.35. The summed E-state index contributed by atoms with van der Waals surface area (Å²) in [6, 6.07) is 17.9. The molecular formula is C25H20BrN5O4. The van der Waals surface area contributed by atoms with Crippen LogP contribution in [0, 0.1) is 11.3 Å². The first-order valence-corrected chi connectivity index (χ1v) is 11.2. The van der Waals surface area contributed by atoms with Gasteiger partial charge >= 0.3 is 11.9 Å². The predicted octanol–water partition coefficient (Wildman–Crippen LogP) is 3.53. The topological polar surface area (TPSA) is 123 Å². The molecule has 1 atom stereocenters. The molecule has 176 valence electrons. The molecule has 1 aliphatic rings. The van der Waals surface area contributed by atoms with Crippen molar-refractivity contribution in [2.45, 2.75) is 5.92 Å². The molecule has 2 N–H and O–H groups in total. The average Bonchev–Trinajstić information content (AvgIpc) is 3.33. The van der Waals surface area contributed by atoms with Crippen molar-refractivity contribution >= 4 is 33.6 Å². The minimum absolute atomic E-state index is 0.00369. The van der Waals surface area contributed by atoms with Crippen molar-refractivity contribution in [3.05, 3.63) is 99.7 Å². The zero-order chi connectivity index (χ0) is 25.1. The second-order valence-corrected chi connectivity index (χ2v) is 8.37. The van der Waals surface area contributed by atoms with Crippen molar-refractivity contribution in [1.82, 2.24) is 9.78 Å². The fourth-order valence-electron chi connectivity index (χ4n) is 3.98. The number of carbonyl (C=O) groups is 2. The molecule has 0 saturated heterocycles. The fourth-order valence-corrected chi connectivity index (χ4v) is 4.26. The first-order valence-electron chi connectivity index (χ1n) is 10.4. The molecule has 1 unspecified atom stereocenters. The van der Waals surface area contributed by atoms with Crippen molar-refractivity contribution in [2.75, 3.05) is 19.1 Å². The van der Waals surface area contributed by atoms with Crippen LogP contribution in [0.25, 0.3) is 5.69 Å². The second kappa shape index (κ2) is 9.87. The van der Waals surface area contributed by atoms with Crippen molar-refractivity contribution in [1.29, 1.82) is 5.26 Å². The van der Waals surface area contributed by atoms with Crippen LogP contribution in [-0.2, 0) is 19.1 Å². The number of nitriles is 1. The number of anilines is 1. The van der Waals surface area contributed by atoms with E-state index in [9.17, 15) is 14.9 Å². The van der Waals surface area contributed by atoms with E-state index in [2.05, 4.69) is 27.1 Å². The summed E-state index contributed by atoms with van der Waals surface area (Å²) in [6.45, 7) is 0. The van der Waals surface area contributed by atoms with Crippen molar-refractivity contribution < 1.29 is 19.1 Å². The van der Waals surface area contributed by atoms with Gasteiger partial charge in [-0.3, -0.25) is 4.90 Å². The first-order chi connectivity index (χ1) is 16.9. The van der Waals surface area contributed by atoms with E-state index >= 15 is 0 Å². The summed E-state index contributed by atoms with van der Waals surface area (Å²) in [4.78, 5) is 27.5. The first kappa shape index (κ1) is 23.8. The third-order valence-electron chi connectivity index (χ3n) is 5.53. The van der Waals surface area contributed by atoms with E-state index in [0.717, 1.165) is 10.2 Å². The van der Waals surface area contributed by atoms with Crippen LogP contribution in [0.1, 0.15) is 11.5 Å². The third kappa shape index (κ3) is 4.29. The quantitative estimate of drug-likeness (QED) is 0.494. The van der Waals surface area contributed by atoms with Gasteiger partial charge in [-0.15, -0.1) is 0 Å². The molecule has 2 aromatic carbocycles. The molecule has 0 radical (unpaired) electrons. The van der Waals surface area contributed by atoms with Gasteiger partial charge in [0.25, 0.3) is 0 Å².